The van der Waals surface area contributed by atoms with Crippen molar-refractivity contribution < 1.29 is 9.52 Å². The summed E-state index contributed by atoms with van der Waals surface area (Å²) in [6.07, 6.45) is 3.10. The molecule has 12 heavy (non-hydrogen) atoms. The zero-order valence-corrected chi connectivity index (χ0v) is 7.53. The van der Waals surface area contributed by atoms with Crippen LogP contribution in [0.1, 0.15) is 12.5 Å². The van der Waals surface area contributed by atoms with Crippen molar-refractivity contribution in [2.24, 2.45) is 0 Å². The van der Waals surface area contributed by atoms with Crippen molar-refractivity contribution in [3.63, 3.8) is 0 Å². The minimum absolute atomic E-state index is 0.276. The molecule has 1 aromatic rings. The molecule has 0 spiro atoms. The van der Waals surface area contributed by atoms with Crippen LogP contribution in [0.4, 0.5) is 0 Å². The number of hydrogen-bond acceptors (Lipinski definition) is 3. The SMILES string of the molecule is CC(O)CN(C)Cc1ccoc1. The summed E-state index contributed by atoms with van der Waals surface area (Å²) >= 11 is 0. The normalized spacial score (nSPS) is 13.7. The highest BCUT2D eigenvalue weighted by Gasteiger charge is 2.03. The third-order valence-corrected chi connectivity index (χ3v) is 1.61. The predicted octanol–water partition coefficient (Wildman–Crippen LogP) is 1.09. The molecule has 0 fully saturated rings. The van der Waals surface area contributed by atoms with E-state index in [4.69, 9.17) is 9.52 Å². The maximum Gasteiger partial charge on any atom is 0.0947 e. The molecule has 1 unspecified atom stereocenters. The summed E-state index contributed by atoms with van der Waals surface area (Å²) in [5, 5.41) is 9.09. The van der Waals surface area contributed by atoms with E-state index < -0.39 is 0 Å². The van der Waals surface area contributed by atoms with E-state index in [0.29, 0.717) is 6.54 Å². The number of aliphatic hydroxyl groups excluding tert-OH is 1. The van der Waals surface area contributed by atoms with Gasteiger partial charge in [-0.05, 0) is 20.0 Å². The number of nitrogens with zero attached hydrogens (tertiary/aromatic N) is 1. The van der Waals surface area contributed by atoms with Gasteiger partial charge in [-0.15, -0.1) is 0 Å². The van der Waals surface area contributed by atoms with Crippen LogP contribution >= 0.6 is 0 Å². The van der Waals surface area contributed by atoms with Crippen molar-refractivity contribution in [1.82, 2.24) is 4.90 Å². The number of aliphatic hydroxyl groups is 1. The Labute approximate surface area is 72.6 Å². The number of likely N-dealkylation sites (N-methyl/N-ethyl adjacent to an activating group) is 1. The first-order valence-electron chi connectivity index (χ1n) is 4.06. The van der Waals surface area contributed by atoms with Gasteiger partial charge in [-0.1, -0.05) is 0 Å². The highest BCUT2D eigenvalue weighted by Crippen LogP contribution is 2.03. The molecule has 0 aliphatic rings. The molecule has 3 heteroatoms. The lowest BCUT2D eigenvalue weighted by atomic mass is 10.3. The van der Waals surface area contributed by atoms with Crippen LogP contribution in [-0.2, 0) is 6.54 Å². The summed E-state index contributed by atoms with van der Waals surface area (Å²) in [5.41, 5.74) is 1.14. The molecule has 1 heterocycles. The average Bonchev–Trinajstić information content (AvgIpc) is 2.37. The molecule has 0 saturated carbocycles. The van der Waals surface area contributed by atoms with E-state index in [-0.39, 0.29) is 6.10 Å². The number of rotatable bonds is 4. The van der Waals surface area contributed by atoms with Gasteiger partial charge in [-0.2, -0.15) is 0 Å². The van der Waals surface area contributed by atoms with E-state index in [1.54, 1.807) is 19.5 Å². The van der Waals surface area contributed by atoms with Crippen molar-refractivity contribution in [2.45, 2.75) is 19.6 Å². The third-order valence-electron chi connectivity index (χ3n) is 1.61. The molecule has 0 radical (unpaired) electrons. The van der Waals surface area contributed by atoms with E-state index in [1.807, 2.05) is 13.1 Å². The van der Waals surface area contributed by atoms with Gasteiger partial charge in [0.2, 0.25) is 0 Å². The minimum Gasteiger partial charge on any atom is -0.472 e. The monoisotopic (exact) mass is 169 g/mol. The molecule has 0 amide bonds. The second-order valence-electron chi connectivity index (χ2n) is 3.18. The lowest BCUT2D eigenvalue weighted by molar-refractivity contribution is 0.138. The van der Waals surface area contributed by atoms with Gasteiger partial charge in [0.05, 0.1) is 18.6 Å². The summed E-state index contributed by atoms with van der Waals surface area (Å²) in [4.78, 5) is 2.05. The third kappa shape index (κ3) is 3.07. The maximum atomic E-state index is 9.09. The Bertz CT molecular complexity index is 206. The molecule has 1 atom stereocenters. The maximum absolute atomic E-state index is 9.09. The molecule has 1 N–H and O–H groups in total. The largest absolute Gasteiger partial charge is 0.472 e. The van der Waals surface area contributed by atoms with Crippen molar-refractivity contribution in [3.05, 3.63) is 24.2 Å². The first-order valence-corrected chi connectivity index (χ1v) is 4.06. The fraction of sp³-hybridized carbons (Fsp3) is 0.556. The smallest absolute Gasteiger partial charge is 0.0947 e. The highest BCUT2D eigenvalue weighted by molar-refractivity contribution is 5.04. The standard InChI is InChI=1S/C9H15NO2/c1-8(11)5-10(2)6-9-3-4-12-7-9/h3-4,7-8,11H,5-6H2,1-2H3. The molecule has 1 rings (SSSR count). The summed E-state index contributed by atoms with van der Waals surface area (Å²) < 4.78 is 4.93. The Hall–Kier alpha value is -0.800. The van der Waals surface area contributed by atoms with Gasteiger partial charge in [0.15, 0.2) is 0 Å². The fourth-order valence-corrected chi connectivity index (χ4v) is 1.21. The fourth-order valence-electron chi connectivity index (χ4n) is 1.21. The first kappa shape index (κ1) is 9.29. The number of hydrogen-bond donors (Lipinski definition) is 1. The van der Waals surface area contributed by atoms with Crippen LogP contribution in [0.2, 0.25) is 0 Å². The van der Waals surface area contributed by atoms with Crippen LogP contribution in [0.5, 0.6) is 0 Å². The van der Waals surface area contributed by atoms with Crippen LogP contribution in [0.25, 0.3) is 0 Å². The average molecular weight is 169 g/mol. The van der Waals surface area contributed by atoms with E-state index in [0.717, 1.165) is 12.1 Å². The topological polar surface area (TPSA) is 36.6 Å². The summed E-state index contributed by atoms with van der Waals surface area (Å²) in [5.74, 6) is 0. The van der Waals surface area contributed by atoms with E-state index in [2.05, 4.69) is 4.90 Å². The van der Waals surface area contributed by atoms with Gasteiger partial charge in [0.1, 0.15) is 0 Å². The second kappa shape index (κ2) is 4.28. The van der Waals surface area contributed by atoms with Crippen LogP contribution in [0.15, 0.2) is 23.0 Å². The zero-order chi connectivity index (χ0) is 8.97. The first-order chi connectivity index (χ1) is 5.68. The lowest BCUT2D eigenvalue weighted by Gasteiger charge is -2.16. The van der Waals surface area contributed by atoms with Crippen LogP contribution < -0.4 is 0 Å². The van der Waals surface area contributed by atoms with Crippen LogP contribution in [0, 0.1) is 0 Å². The van der Waals surface area contributed by atoms with Crippen LogP contribution in [0.3, 0.4) is 0 Å². The summed E-state index contributed by atoms with van der Waals surface area (Å²) in [7, 11) is 1.97. The van der Waals surface area contributed by atoms with Crippen molar-refractivity contribution in [3.8, 4) is 0 Å². The quantitative estimate of drug-likeness (QED) is 0.733. The Balaban J connectivity index is 2.32. The molecule has 0 aromatic carbocycles. The van der Waals surface area contributed by atoms with Gasteiger partial charge in [0.25, 0.3) is 0 Å². The van der Waals surface area contributed by atoms with Gasteiger partial charge < -0.3 is 9.52 Å². The molecule has 1 aromatic heterocycles. The van der Waals surface area contributed by atoms with Gasteiger partial charge in [-0.3, -0.25) is 4.90 Å². The van der Waals surface area contributed by atoms with E-state index in [1.165, 1.54) is 0 Å². The molecular formula is C9H15NO2. The molecule has 0 aliphatic heterocycles. The predicted molar refractivity (Wildman–Crippen MR) is 46.7 cm³/mol. The Morgan fingerprint density at radius 2 is 2.42 bits per heavy atom. The molecule has 0 saturated heterocycles. The second-order valence-corrected chi connectivity index (χ2v) is 3.18. The van der Waals surface area contributed by atoms with Crippen LogP contribution in [-0.4, -0.2) is 29.7 Å². The Kier molecular flexibility index (Phi) is 3.31. The van der Waals surface area contributed by atoms with Crippen molar-refractivity contribution >= 4 is 0 Å². The van der Waals surface area contributed by atoms with Crippen molar-refractivity contribution in [2.75, 3.05) is 13.6 Å². The summed E-state index contributed by atoms with van der Waals surface area (Å²) in [6.45, 7) is 3.29. The minimum atomic E-state index is -0.276. The molecule has 3 nitrogen and oxygen atoms in total. The number of furan rings is 1. The molecular weight excluding hydrogens is 154 g/mol. The van der Waals surface area contributed by atoms with Gasteiger partial charge in [0, 0.05) is 18.7 Å². The Morgan fingerprint density at radius 3 is 2.92 bits per heavy atom. The molecule has 0 bridgehead atoms. The highest BCUT2D eigenvalue weighted by atomic mass is 16.3. The van der Waals surface area contributed by atoms with Gasteiger partial charge in [-0.25, -0.2) is 0 Å². The van der Waals surface area contributed by atoms with E-state index in [9.17, 15) is 0 Å². The Morgan fingerprint density at radius 1 is 1.67 bits per heavy atom. The molecule has 0 aliphatic carbocycles. The lowest BCUT2D eigenvalue weighted by Crippen LogP contribution is -2.26. The van der Waals surface area contributed by atoms with Gasteiger partial charge >= 0.3 is 0 Å². The zero-order valence-electron chi connectivity index (χ0n) is 7.53. The summed E-state index contributed by atoms with van der Waals surface area (Å²) in [6, 6.07) is 1.93. The van der Waals surface area contributed by atoms with Crippen molar-refractivity contribution in [1.29, 1.82) is 0 Å². The van der Waals surface area contributed by atoms with E-state index >= 15 is 0 Å². The molecule has 68 valence electrons.